The summed E-state index contributed by atoms with van der Waals surface area (Å²) in [4.78, 5) is 18.8. The van der Waals surface area contributed by atoms with E-state index in [9.17, 15) is 4.79 Å². The highest BCUT2D eigenvalue weighted by Crippen LogP contribution is 2.24. The number of nitrogens with one attached hydrogen (secondary N) is 1. The van der Waals surface area contributed by atoms with E-state index in [0.29, 0.717) is 11.6 Å². The minimum Gasteiger partial charge on any atom is -0.320 e. The number of thiazole rings is 1. The largest absolute Gasteiger partial charge is 0.320 e. The van der Waals surface area contributed by atoms with Gasteiger partial charge in [-0.05, 0) is 24.5 Å². The van der Waals surface area contributed by atoms with Crippen LogP contribution in [0.3, 0.4) is 0 Å². The Bertz CT molecular complexity index is 769. The third-order valence-electron chi connectivity index (χ3n) is 3.34. The molecule has 2 aromatic heterocycles. The van der Waals surface area contributed by atoms with Gasteiger partial charge in [-0.1, -0.05) is 32.0 Å². The number of carbonyl (C=O) groups is 1. The molecular formula is C16H17N3OS. The van der Waals surface area contributed by atoms with E-state index < -0.39 is 0 Å². The highest BCUT2D eigenvalue weighted by atomic mass is 32.1. The van der Waals surface area contributed by atoms with Gasteiger partial charge in [0.15, 0.2) is 4.96 Å². The van der Waals surface area contributed by atoms with E-state index in [1.807, 2.05) is 41.8 Å². The predicted molar refractivity (Wildman–Crippen MR) is 86.3 cm³/mol. The molecule has 21 heavy (non-hydrogen) atoms. The summed E-state index contributed by atoms with van der Waals surface area (Å²) in [5, 5.41) is 2.96. The Labute approximate surface area is 127 Å². The molecule has 0 aliphatic heterocycles. The molecule has 0 fully saturated rings. The van der Waals surface area contributed by atoms with Crippen LogP contribution in [0.1, 0.15) is 40.7 Å². The van der Waals surface area contributed by atoms with Gasteiger partial charge in [0.2, 0.25) is 0 Å². The normalized spacial score (nSPS) is 11.2. The summed E-state index contributed by atoms with van der Waals surface area (Å²) < 4.78 is 1.89. The molecule has 0 bridgehead atoms. The molecule has 2 heterocycles. The maximum atomic E-state index is 12.4. The summed E-state index contributed by atoms with van der Waals surface area (Å²) in [6.07, 6.45) is 3.75. The maximum absolute atomic E-state index is 12.4. The predicted octanol–water partition coefficient (Wildman–Crippen LogP) is 4.08. The van der Waals surface area contributed by atoms with Crippen molar-refractivity contribution >= 4 is 27.9 Å². The molecule has 108 valence electrons. The lowest BCUT2D eigenvalue weighted by atomic mass is 10.0. The fraction of sp³-hybridized carbons (Fsp3) is 0.250. The molecule has 0 atom stereocenters. The van der Waals surface area contributed by atoms with Crippen LogP contribution in [0.25, 0.3) is 4.96 Å². The zero-order valence-electron chi connectivity index (χ0n) is 12.3. The average molecular weight is 299 g/mol. The maximum Gasteiger partial charge on any atom is 0.275 e. The Hall–Kier alpha value is -2.14. The summed E-state index contributed by atoms with van der Waals surface area (Å²) in [7, 11) is 0. The first kappa shape index (κ1) is 13.8. The van der Waals surface area contributed by atoms with Crippen LogP contribution in [0.5, 0.6) is 0 Å². The van der Waals surface area contributed by atoms with Crippen LogP contribution in [0.4, 0.5) is 5.69 Å². The van der Waals surface area contributed by atoms with Crippen molar-refractivity contribution in [2.45, 2.75) is 26.7 Å². The number of hydrogen-bond donors (Lipinski definition) is 1. The average Bonchev–Trinajstić information content (AvgIpc) is 2.96. The molecule has 0 radical (unpaired) electrons. The Morgan fingerprint density at radius 2 is 2.05 bits per heavy atom. The fourth-order valence-electron chi connectivity index (χ4n) is 2.32. The lowest BCUT2D eigenvalue weighted by Crippen LogP contribution is -2.14. The molecule has 1 N–H and O–H groups in total. The first-order valence-electron chi connectivity index (χ1n) is 6.90. The Kier molecular flexibility index (Phi) is 3.51. The Morgan fingerprint density at radius 3 is 2.76 bits per heavy atom. The number of hydrogen-bond acceptors (Lipinski definition) is 3. The number of para-hydroxylation sites is 1. The summed E-state index contributed by atoms with van der Waals surface area (Å²) in [5.41, 5.74) is 2.42. The number of imidazole rings is 1. The van der Waals surface area contributed by atoms with Gasteiger partial charge in [-0.2, -0.15) is 0 Å². The van der Waals surface area contributed by atoms with Crippen molar-refractivity contribution in [3.05, 3.63) is 52.8 Å². The molecule has 0 unspecified atom stereocenters. The zero-order valence-corrected chi connectivity index (χ0v) is 13.1. The number of amides is 1. The van der Waals surface area contributed by atoms with Gasteiger partial charge in [-0.3, -0.25) is 9.20 Å². The second-order valence-corrected chi connectivity index (χ2v) is 6.57. The number of nitrogens with zero attached hydrogens (tertiary/aromatic N) is 2. The molecule has 3 aromatic rings. The molecule has 0 aliphatic rings. The number of fused-ring (bicyclic) bond motifs is 1. The highest BCUT2D eigenvalue weighted by molar-refractivity contribution is 7.17. The van der Waals surface area contributed by atoms with Gasteiger partial charge in [-0.25, -0.2) is 4.98 Å². The quantitative estimate of drug-likeness (QED) is 0.792. The monoisotopic (exact) mass is 299 g/mol. The summed E-state index contributed by atoms with van der Waals surface area (Å²) >= 11 is 1.58. The summed E-state index contributed by atoms with van der Waals surface area (Å²) in [5.74, 6) is 0.186. The fourth-order valence-corrected chi connectivity index (χ4v) is 3.13. The van der Waals surface area contributed by atoms with E-state index in [1.165, 1.54) is 4.88 Å². The molecule has 0 spiro atoms. The second kappa shape index (κ2) is 5.33. The highest BCUT2D eigenvalue weighted by Gasteiger charge is 2.14. The number of anilines is 1. The topological polar surface area (TPSA) is 46.4 Å². The van der Waals surface area contributed by atoms with E-state index in [1.54, 1.807) is 17.5 Å². The van der Waals surface area contributed by atoms with Gasteiger partial charge in [0.05, 0.1) is 0 Å². The summed E-state index contributed by atoms with van der Waals surface area (Å²) in [6.45, 7) is 6.25. The minimum atomic E-state index is -0.170. The van der Waals surface area contributed by atoms with Crippen LogP contribution in [0.2, 0.25) is 0 Å². The molecule has 3 rings (SSSR count). The number of rotatable bonds is 3. The lowest BCUT2D eigenvalue weighted by Gasteiger charge is -2.12. The Balaban J connectivity index is 1.87. The van der Waals surface area contributed by atoms with E-state index in [0.717, 1.165) is 16.2 Å². The number of aryl methyl sites for hydroxylation is 1. The lowest BCUT2D eigenvalue weighted by molar-refractivity contribution is 0.102. The van der Waals surface area contributed by atoms with Crippen LogP contribution in [0, 0.1) is 6.92 Å². The molecule has 0 saturated carbocycles. The van der Waals surface area contributed by atoms with Gasteiger partial charge in [0, 0.05) is 23.0 Å². The van der Waals surface area contributed by atoms with Crippen molar-refractivity contribution in [1.82, 2.24) is 9.38 Å². The molecule has 5 heteroatoms. The van der Waals surface area contributed by atoms with E-state index in [4.69, 9.17) is 0 Å². The van der Waals surface area contributed by atoms with Crippen LogP contribution in [-0.2, 0) is 0 Å². The zero-order chi connectivity index (χ0) is 15.0. The van der Waals surface area contributed by atoms with Crippen LogP contribution in [0.15, 0.2) is 36.7 Å². The Morgan fingerprint density at radius 1 is 1.29 bits per heavy atom. The second-order valence-electron chi connectivity index (χ2n) is 5.35. The minimum absolute atomic E-state index is 0.170. The van der Waals surface area contributed by atoms with Crippen LogP contribution < -0.4 is 5.32 Å². The molecule has 4 nitrogen and oxygen atoms in total. The third kappa shape index (κ3) is 2.69. The standard InChI is InChI=1S/C16H17N3OS/c1-10(2)12-6-4-5-7-13(12)17-15(20)14-9-19-8-11(3)21-16(19)18-14/h4-10H,1-3H3,(H,17,20). The summed E-state index contributed by atoms with van der Waals surface area (Å²) in [6, 6.07) is 7.88. The van der Waals surface area contributed by atoms with Crippen molar-refractivity contribution < 1.29 is 4.79 Å². The molecular weight excluding hydrogens is 282 g/mol. The SMILES string of the molecule is Cc1cn2cc(C(=O)Nc3ccccc3C(C)C)nc2s1. The van der Waals surface area contributed by atoms with E-state index in [2.05, 4.69) is 24.1 Å². The van der Waals surface area contributed by atoms with Gasteiger partial charge in [0.25, 0.3) is 5.91 Å². The van der Waals surface area contributed by atoms with Crippen LogP contribution >= 0.6 is 11.3 Å². The number of carbonyl (C=O) groups excluding carboxylic acids is 1. The molecule has 0 saturated heterocycles. The van der Waals surface area contributed by atoms with Gasteiger partial charge >= 0.3 is 0 Å². The smallest absolute Gasteiger partial charge is 0.275 e. The number of benzene rings is 1. The molecule has 1 amide bonds. The first-order valence-corrected chi connectivity index (χ1v) is 7.71. The van der Waals surface area contributed by atoms with E-state index in [-0.39, 0.29) is 5.91 Å². The van der Waals surface area contributed by atoms with Crippen molar-refractivity contribution in [2.75, 3.05) is 5.32 Å². The van der Waals surface area contributed by atoms with Crippen molar-refractivity contribution in [3.63, 3.8) is 0 Å². The first-order chi connectivity index (χ1) is 10.0. The number of aromatic nitrogens is 2. The van der Waals surface area contributed by atoms with E-state index >= 15 is 0 Å². The van der Waals surface area contributed by atoms with Gasteiger partial charge in [-0.15, -0.1) is 11.3 Å². The van der Waals surface area contributed by atoms with Crippen LogP contribution in [-0.4, -0.2) is 15.3 Å². The van der Waals surface area contributed by atoms with Crippen molar-refractivity contribution in [1.29, 1.82) is 0 Å². The molecule has 1 aromatic carbocycles. The molecule has 0 aliphatic carbocycles. The van der Waals surface area contributed by atoms with Gasteiger partial charge < -0.3 is 5.32 Å². The van der Waals surface area contributed by atoms with Crippen molar-refractivity contribution in [3.8, 4) is 0 Å². The third-order valence-corrected chi connectivity index (χ3v) is 4.25. The van der Waals surface area contributed by atoms with Gasteiger partial charge in [0.1, 0.15) is 5.69 Å². The van der Waals surface area contributed by atoms with Crippen molar-refractivity contribution in [2.24, 2.45) is 0 Å².